The van der Waals surface area contributed by atoms with Crippen molar-refractivity contribution in [1.29, 1.82) is 5.26 Å². The van der Waals surface area contributed by atoms with E-state index in [1.165, 1.54) is 23.9 Å². The van der Waals surface area contributed by atoms with Crippen LogP contribution >= 0.6 is 11.8 Å². The Bertz CT molecular complexity index is 523. The van der Waals surface area contributed by atoms with Crippen LogP contribution in [0.4, 0.5) is 5.69 Å². The number of thioether (sulfide) groups is 1. The lowest BCUT2D eigenvalue weighted by Gasteiger charge is -2.15. The predicted molar refractivity (Wildman–Crippen MR) is 69.0 cm³/mol. The van der Waals surface area contributed by atoms with E-state index in [0.29, 0.717) is 5.69 Å². The van der Waals surface area contributed by atoms with E-state index in [1.807, 2.05) is 0 Å². The van der Waals surface area contributed by atoms with E-state index in [2.05, 4.69) is 5.32 Å². The molecule has 1 aromatic carbocycles. The lowest BCUT2D eigenvalue weighted by Crippen LogP contribution is -2.26. The Kier molecular flexibility index (Phi) is 4.66. The molecule has 0 saturated carbocycles. The van der Waals surface area contributed by atoms with Gasteiger partial charge in [-0.25, -0.2) is 8.42 Å². The van der Waals surface area contributed by atoms with Crippen LogP contribution in [-0.2, 0) is 10.0 Å². The van der Waals surface area contributed by atoms with Gasteiger partial charge in [0.1, 0.15) is 0 Å². The molecule has 0 atom stereocenters. The summed E-state index contributed by atoms with van der Waals surface area (Å²) in [7, 11) is -2.03. The molecular formula is C10H13N3O2S2. The van der Waals surface area contributed by atoms with Gasteiger partial charge in [-0.15, -0.1) is 11.8 Å². The number of hydrogen-bond donors (Lipinski definition) is 1. The zero-order chi connectivity index (χ0) is 12.9. The summed E-state index contributed by atoms with van der Waals surface area (Å²) in [5, 5.41) is 11.7. The highest BCUT2D eigenvalue weighted by molar-refractivity contribution is 7.99. The summed E-state index contributed by atoms with van der Waals surface area (Å²) in [6.07, 6.45) is 3.42. The van der Waals surface area contributed by atoms with E-state index >= 15 is 0 Å². The molecule has 0 unspecified atom stereocenters. The zero-order valence-electron chi connectivity index (χ0n) is 9.54. The fourth-order valence-corrected chi connectivity index (χ4v) is 3.26. The van der Waals surface area contributed by atoms with E-state index in [0.717, 1.165) is 4.31 Å². The summed E-state index contributed by atoms with van der Waals surface area (Å²) in [5.74, 6) is 0.114. The number of anilines is 1. The van der Waals surface area contributed by atoms with Crippen molar-refractivity contribution in [2.24, 2.45) is 0 Å². The molecule has 1 rings (SSSR count). The minimum Gasteiger partial charge on any atom is -0.388 e. The quantitative estimate of drug-likeness (QED) is 0.499. The Balaban J connectivity index is 3.16. The highest BCUT2D eigenvalue weighted by Gasteiger charge is 2.22. The van der Waals surface area contributed by atoms with Gasteiger partial charge < -0.3 is 5.32 Å². The number of benzene rings is 1. The van der Waals surface area contributed by atoms with E-state index in [1.54, 1.807) is 31.6 Å². The number of nitriles is 1. The monoisotopic (exact) mass is 271 g/mol. The maximum atomic E-state index is 12.1. The second kappa shape index (κ2) is 5.80. The van der Waals surface area contributed by atoms with Crippen molar-refractivity contribution in [2.45, 2.75) is 4.90 Å². The van der Waals surface area contributed by atoms with Crippen LogP contribution in [0.25, 0.3) is 0 Å². The zero-order valence-corrected chi connectivity index (χ0v) is 11.2. The third-order valence-electron chi connectivity index (χ3n) is 2.07. The van der Waals surface area contributed by atoms with Crippen molar-refractivity contribution < 1.29 is 8.42 Å². The Morgan fingerprint density at radius 3 is 2.76 bits per heavy atom. The Morgan fingerprint density at radius 1 is 1.53 bits per heavy atom. The van der Waals surface area contributed by atoms with E-state index in [9.17, 15) is 8.42 Å². The highest BCUT2D eigenvalue weighted by atomic mass is 32.2. The molecule has 0 spiro atoms. The van der Waals surface area contributed by atoms with Crippen molar-refractivity contribution in [3.8, 4) is 6.19 Å². The van der Waals surface area contributed by atoms with Crippen LogP contribution in [0.15, 0.2) is 29.2 Å². The summed E-state index contributed by atoms with van der Waals surface area (Å²) in [6, 6.07) is 6.36. The summed E-state index contributed by atoms with van der Waals surface area (Å²) in [4.78, 5) is 0.111. The van der Waals surface area contributed by atoms with Gasteiger partial charge in [0, 0.05) is 12.7 Å². The number of nitrogens with one attached hydrogen (secondary N) is 1. The largest absolute Gasteiger partial charge is 0.388 e. The molecule has 0 fully saturated rings. The van der Waals surface area contributed by atoms with Crippen LogP contribution in [0.1, 0.15) is 0 Å². The molecule has 0 heterocycles. The SMILES string of the molecule is CNc1cccc(S(=O)(=O)N(C#N)CSC)c1. The molecule has 7 heteroatoms. The first-order chi connectivity index (χ1) is 8.06. The van der Waals surface area contributed by atoms with Gasteiger partial charge in [0.25, 0.3) is 10.0 Å². The van der Waals surface area contributed by atoms with Crippen LogP contribution in [-0.4, -0.2) is 31.9 Å². The van der Waals surface area contributed by atoms with Crippen LogP contribution in [0, 0.1) is 11.5 Å². The van der Waals surface area contributed by atoms with Gasteiger partial charge in [0.05, 0.1) is 10.8 Å². The normalized spacial score (nSPS) is 10.6. The summed E-state index contributed by atoms with van der Waals surface area (Å²) in [6.45, 7) is 0. The molecule has 0 amide bonds. The first kappa shape index (κ1) is 13.7. The molecule has 0 bridgehead atoms. The van der Waals surface area contributed by atoms with E-state index in [4.69, 9.17) is 5.26 Å². The Hall–Kier alpha value is -1.39. The third-order valence-corrected chi connectivity index (χ3v) is 4.39. The van der Waals surface area contributed by atoms with Crippen molar-refractivity contribution in [3.05, 3.63) is 24.3 Å². The van der Waals surface area contributed by atoms with Crippen molar-refractivity contribution >= 4 is 27.5 Å². The number of hydrogen-bond acceptors (Lipinski definition) is 5. The van der Waals surface area contributed by atoms with Gasteiger partial charge in [0.2, 0.25) is 0 Å². The first-order valence-electron chi connectivity index (χ1n) is 4.75. The molecule has 0 aliphatic carbocycles. The third kappa shape index (κ3) is 3.05. The number of rotatable bonds is 5. The molecule has 0 aliphatic heterocycles. The molecule has 92 valence electrons. The Labute approximate surface area is 105 Å². The molecule has 1 N–H and O–H groups in total. The second-order valence-electron chi connectivity index (χ2n) is 3.15. The van der Waals surface area contributed by atoms with E-state index < -0.39 is 10.0 Å². The lowest BCUT2D eigenvalue weighted by atomic mass is 10.3. The highest BCUT2D eigenvalue weighted by Crippen LogP contribution is 2.19. The maximum Gasteiger partial charge on any atom is 0.273 e. The van der Waals surface area contributed by atoms with Crippen molar-refractivity contribution in [1.82, 2.24) is 4.31 Å². The smallest absolute Gasteiger partial charge is 0.273 e. The summed E-state index contributed by atoms with van der Waals surface area (Å²) in [5.41, 5.74) is 0.688. The maximum absolute atomic E-state index is 12.1. The molecule has 0 aromatic heterocycles. The fraction of sp³-hybridized carbons (Fsp3) is 0.300. The predicted octanol–water partition coefficient (Wildman–Crippen LogP) is 1.52. The molecular weight excluding hydrogens is 258 g/mol. The van der Waals surface area contributed by atoms with Gasteiger partial charge in [0.15, 0.2) is 6.19 Å². The number of sulfonamides is 1. The van der Waals surface area contributed by atoms with Gasteiger partial charge in [-0.1, -0.05) is 6.07 Å². The average molecular weight is 271 g/mol. The van der Waals surface area contributed by atoms with Crippen LogP contribution in [0.2, 0.25) is 0 Å². The van der Waals surface area contributed by atoms with Gasteiger partial charge in [-0.2, -0.15) is 9.57 Å². The van der Waals surface area contributed by atoms with Gasteiger partial charge >= 0.3 is 0 Å². The molecule has 0 aliphatic rings. The molecule has 17 heavy (non-hydrogen) atoms. The average Bonchev–Trinajstić information content (AvgIpc) is 2.35. The Morgan fingerprint density at radius 2 is 2.24 bits per heavy atom. The van der Waals surface area contributed by atoms with Crippen molar-refractivity contribution in [2.75, 3.05) is 24.5 Å². The lowest BCUT2D eigenvalue weighted by molar-refractivity contribution is 0.539. The molecule has 1 aromatic rings. The van der Waals surface area contributed by atoms with Crippen LogP contribution in [0.3, 0.4) is 0 Å². The van der Waals surface area contributed by atoms with Crippen molar-refractivity contribution in [3.63, 3.8) is 0 Å². The second-order valence-corrected chi connectivity index (χ2v) is 5.85. The standard InChI is InChI=1S/C10H13N3O2S2/c1-12-9-4-3-5-10(6-9)17(14,15)13(7-11)8-16-2/h3-6,12H,8H2,1-2H3. The summed E-state index contributed by atoms with van der Waals surface area (Å²) < 4.78 is 24.9. The topological polar surface area (TPSA) is 73.2 Å². The van der Waals surface area contributed by atoms with Gasteiger partial charge in [-0.05, 0) is 24.5 Å². The summed E-state index contributed by atoms with van der Waals surface area (Å²) >= 11 is 1.27. The molecule has 5 nitrogen and oxygen atoms in total. The minimum absolute atomic E-state index is 0.111. The first-order valence-corrected chi connectivity index (χ1v) is 7.59. The molecule has 0 radical (unpaired) electrons. The minimum atomic E-state index is -3.73. The fourth-order valence-electron chi connectivity index (χ4n) is 1.21. The number of nitrogens with zero attached hydrogens (tertiary/aromatic N) is 2. The van der Waals surface area contributed by atoms with Crippen LogP contribution in [0.5, 0.6) is 0 Å². The molecule has 0 saturated heterocycles. The van der Waals surface area contributed by atoms with E-state index in [-0.39, 0.29) is 10.8 Å². The van der Waals surface area contributed by atoms with Gasteiger partial charge in [-0.3, -0.25) is 0 Å². The van der Waals surface area contributed by atoms with Crippen LogP contribution < -0.4 is 5.32 Å².